The van der Waals surface area contributed by atoms with Gasteiger partial charge in [0.2, 0.25) is 5.78 Å². The molecule has 4 nitrogen and oxygen atoms in total. The number of carbonyl (C=O) groups excluding carboxylic acids is 2. The van der Waals surface area contributed by atoms with E-state index >= 15 is 0 Å². The van der Waals surface area contributed by atoms with Crippen LogP contribution in [-0.4, -0.2) is 25.8 Å². The Hall–Kier alpha value is -2.04. The third-order valence-electron chi connectivity index (χ3n) is 3.32. The van der Waals surface area contributed by atoms with Gasteiger partial charge in [-0.25, -0.2) is 0 Å². The molecule has 1 unspecified atom stereocenters. The van der Waals surface area contributed by atoms with Crippen molar-refractivity contribution < 1.29 is 19.1 Å². The van der Waals surface area contributed by atoms with Crippen LogP contribution >= 0.6 is 0 Å². The molecule has 1 atom stereocenters. The minimum Gasteiger partial charge on any atom is -0.343 e. The van der Waals surface area contributed by atoms with Crippen LogP contribution in [0.15, 0.2) is 54.6 Å². The fourth-order valence-electron chi connectivity index (χ4n) is 2.27. The summed E-state index contributed by atoms with van der Waals surface area (Å²) >= 11 is 0. The number of ketones is 2. The summed E-state index contributed by atoms with van der Waals surface area (Å²) in [7, 11) is 2.78. The minimum absolute atomic E-state index is 0.271. The highest BCUT2D eigenvalue weighted by atomic mass is 16.7. The highest BCUT2D eigenvalue weighted by molar-refractivity contribution is 6.12. The summed E-state index contributed by atoms with van der Waals surface area (Å²) in [6.07, 6.45) is 6.21. The van der Waals surface area contributed by atoms with E-state index in [4.69, 9.17) is 9.47 Å². The maximum absolute atomic E-state index is 12.7. The first-order valence-corrected chi connectivity index (χ1v) is 6.24. The van der Waals surface area contributed by atoms with Gasteiger partial charge >= 0.3 is 0 Å². The Kier molecular flexibility index (Phi) is 4.27. The molecule has 0 fully saturated rings. The average Bonchev–Trinajstić information content (AvgIpc) is 2.50. The van der Waals surface area contributed by atoms with Crippen LogP contribution in [0.1, 0.15) is 5.56 Å². The molecule has 1 aliphatic carbocycles. The molecule has 1 aromatic carbocycles. The van der Waals surface area contributed by atoms with Crippen LogP contribution in [-0.2, 0) is 24.8 Å². The van der Waals surface area contributed by atoms with Gasteiger partial charge in [0.15, 0.2) is 5.78 Å². The zero-order chi connectivity index (χ0) is 14.6. The van der Waals surface area contributed by atoms with Crippen LogP contribution in [0.2, 0.25) is 0 Å². The van der Waals surface area contributed by atoms with Gasteiger partial charge in [-0.3, -0.25) is 9.59 Å². The van der Waals surface area contributed by atoms with Crippen molar-refractivity contribution in [2.45, 2.75) is 5.79 Å². The lowest BCUT2D eigenvalue weighted by molar-refractivity contribution is -0.215. The molecule has 1 aromatic rings. The Balaban J connectivity index is 2.43. The molecule has 1 aliphatic rings. The lowest BCUT2D eigenvalue weighted by Crippen LogP contribution is -2.45. The highest BCUT2D eigenvalue weighted by Gasteiger charge is 2.45. The third kappa shape index (κ3) is 2.35. The first kappa shape index (κ1) is 14.4. The van der Waals surface area contributed by atoms with Crippen molar-refractivity contribution in [2.75, 3.05) is 14.2 Å². The molecule has 104 valence electrons. The van der Waals surface area contributed by atoms with Crippen LogP contribution in [0.25, 0.3) is 0 Å². The van der Waals surface area contributed by atoms with Crippen molar-refractivity contribution in [2.24, 2.45) is 5.92 Å². The second-order valence-corrected chi connectivity index (χ2v) is 4.38. The largest absolute Gasteiger partial charge is 0.343 e. The minimum atomic E-state index is -1.57. The number of carbonyl (C=O) groups is 2. The Bertz CT molecular complexity index is 553. The molecule has 0 saturated heterocycles. The van der Waals surface area contributed by atoms with E-state index in [2.05, 4.69) is 0 Å². The zero-order valence-electron chi connectivity index (χ0n) is 11.4. The standard InChI is InChI=1S/C16H16O4/c1-19-16(20-2,12-8-4-3-5-9-12)15(18)13-10-6-7-11-14(13)17/h3-11,13H,1-2H3. The fourth-order valence-corrected chi connectivity index (χ4v) is 2.27. The van der Waals surface area contributed by atoms with Crippen molar-refractivity contribution in [1.82, 2.24) is 0 Å². The Morgan fingerprint density at radius 1 is 1.10 bits per heavy atom. The second kappa shape index (κ2) is 5.94. The molecule has 0 aromatic heterocycles. The van der Waals surface area contributed by atoms with Crippen molar-refractivity contribution in [1.29, 1.82) is 0 Å². The second-order valence-electron chi connectivity index (χ2n) is 4.38. The number of benzene rings is 1. The molecular weight excluding hydrogens is 256 g/mol. The Labute approximate surface area is 117 Å². The van der Waals surface area contributed by atoms with Crippen LogP contribution in [0.4, 0.5) is 0 Å². The molecule has 20 heavy (non-hydrogen) atoms. The topological polar surface area (TPSA) is 52.6 Å². The zero-order valence-corrected chi connectivity index (χ0v) is 11.4. The third-order valence-corrected chi connectivity index (χ3v) is 3.32. The summed E-state index contributed by atoms with van der Waals surface area (Å²) in [4.78, 5) is 24.6. The van der Waals surface area contributed by atoms with E-state index in [1.165, 1.54) is 20.3 Å². The van der Waals surface area contributed by atoms with Gasteiger partial charge in [-0.2, -0.15) is 0 Å². The summed E-state index contributed by atoms with van der Waals surface area (Å²) in [5.74, 6) is -3.16. The van der Waals surface area contributed by atoms with E-state index in [1.807, 2.05) is 6.07 Å². The maximum Gasteiger partial charge on any atom is 0.257 e. The molecule has 0 aliphatic heterocycles. The number of allylic oxidation sites excluding steroid dienone is 4. The molecule has 0 saturated carbocycles. The lowest BCUT2D eigenvalue weighted by atomic mass is 9.87. The van der Waals surface area contributed by atoms with E-state index in [-0.39, 0.29) is 5.78 Å². The lowest BCUT2D eigenvalue weighted by Gasteiger charge is -2.31. The summed E-state index contributed by atoms with van der Waals surface area (Å²) in [5, 5.41) is 0. The summed E-state index contributed by atoms with van der Waals surface area (Å²) < 4.78 is 10.7. The molecule has 0 N–H and O–H groups in total. The van der Waals surface area contributed by atoms with Crippen molar-refractivity contribution >= 4 is 11.6 Å². The van der Waals surface area contributed by atoms with Gasteiger partial charge in [0.1, 0.15) is 5.92 Å². The van der Waals surface area contributed by atoms with Gasteiger partial charge in [0.25, 0.3) is 5.79 Å². The normalized spacial score (nSPS) is 18.3. The number of methoxy groups -OCH3 is 2. The molecule has 4 heteroatoms. The van der Waals surface area contributed by atoms with Crippen LogP contribution in [0.5, 0.6) is 0 Å². The van der Waals surface area contributed by atoms with Gasteiger partial charge in [0, 0.05) is 19.8 Å². The van der Waals surface area contributed by atoms with Crippen LogP contribution in [0, 0.1) is 5.92 Å². The van der Waals surface area contributed by atoms with Crippen molar-refractivity contribution in [3.63, 3.8) is 0 Å². The predicted molar refractivity (Wildman–Crippen MR) is 73.9 cm³/mol. The van der Waals surface area contributed by atoms with Crippen molar-refractivity contribution in [3.8, 4) is 0 Å². The number of hydrogen-bond acceptors (Lipinski definition) is 4. The Morgan fingerprint density at radius 2 is 1.75 bits per heavy atom. The summed E-state index contributed by atoms with van der Waals surface area (Å²) in [6, 6.07) is 8.87. The van der Waals surface area contributed by atoms with E-state index in [1.54, 1.807) is 42.5 Å². The molecule has 0 amide bonds. The Morgan fingerprint density at radius 3 is 2.30 bits per heavy atom. The van der Waals surface area contributed by atoms with E-state index in [0.717, 1.165) is 0 Å². The molecule has 0 bridgehead atoms. The van der Waals surface area contributed by atoms with Gasteiger partial charge in [-0.15, -0.1) is 0 Å². The molecular formula is C16H16O4. The molecule has 0 spiro atoms. The number of hydrogen-bond donors (Lipinski definition) is 0. The van der Waals surface area contributed by atoms with Crippen LogP contribution in [0.3, 0.4) is 0 Å². The number of Topliss-reactive ketones (excluding diaryl/α,β-unsaturated/α-hetero) is 1. The quantitative estimate of drug-likeness (QED) is 0.608. The van der Waals surface area contributed by atoms with E-state index in [0.29, 0.717) is 5.56 Å². The fraction of sp³-hybridized carbons (Fsp3) is 0.250. The monoisotopic (exact) mass is 272 g/mol. The SMILES string of the molecule is COC(OC)(C(=O)C1C=CC=CC1=O)c1ccccc1. The van der Waals surface area contributed by atoms with Gasteiger partial charge in [-0.1, -0.05) is 48.6 Å². The number of rotatable bonds is 5. The first-order valence-electron chi connectivity index (χ1n) is 6.24. The molecule has 0 heterocycles. The maximum atomic E-state index is 12.7. The summed E-state index contributed by atoms with van der Waals surface area (Å²) in [6.45, 7) is 0. The summed E-state index contributed by atoms with van der Waals surface area (Å²) in [5.41, 5.74) is 0.561. The first-order chi connectivity index (χ1) is 9.65. The number of ether oxygens (including phenoxy) is 2. The smallest absolute Gasteiger partial charge is 0.257 e. The van der Waals surface area contributed by atoms with Crippen molar-refractivity contribution in [3.05, 3.63) is 60.2 Å². The molecule has 0 radical (unpaired) electrons. The van der Waals surface area contributed by atoms with Gasteiger partial charge < -0.3 is 9.47 Å². The molecule has 2 rings (SSSR count). The highest BCUT2D eigenvalue weighted by Crippen LogP contribution is 2.31. The van der Waals surface area contributed by atoms with E-state index < -0.39 is 17.5 Å². The average molecular weight is 272 g/mol. The van der Waals surface area contributed by atoms with Crippen LogP contribution < -0.4 is 0 Å². The predicted octanol–water partition coefficient (Wildman–Crippen LogP) is 2.01. The van der Waals surface area contributed by atoms with Gasteiger partial charge in [-0.05, 0) is 6.08 Å². The van der Waals surface area contributed by atoms with Gasteiger partial charge in [0.05, 0.1) is 0 Å². The van der Waals surface area contributed by atoms with E-state index in [9.17, 15) is 9.59 Å².